The molecule has 0 heterocycles. The molecule has 1 unspecified atom stereocenters. The number of amides is 3. The number of hydrazine groups is 1. The highest BCUT2D eigenvalue weighted by molar-refractivity contribution is 5.91. The second-order valence-electron chi connectivity index (χ2n) is 7.06. The van der Waals surface area contributed by atoms with E-state index < -0.39 is 41.7 Å². The predicted molar refractivity (Wildman–Crippen MR) is 88.6 cm³/mol. The molecule has 0 saturated carbocycles. The summed E-state index contributed by atoms with van der Waals surface area (Å²) in [6.07, 6.45) is -1.55. The van der Waals surface area contributed by atoms with Gasteiger partial charge in [0, 0.05) is 0 Å². The third-order valence-electron chi connectivity index (χ3n) is 2.92. The van der Waals surface area contributed by atoms with Crippen LogP contribution in [0.1, 0.15) is 48.0 Å². The first-order valence-electron chi connectivity index (χ1n) is 7.85. The van der Waals surface area contributed by atoms with Crippen molar-refractivity contribution in [2.75, 3.05) is 0 Å². The van der Waals surface area contributed by atoms with E-state index in [-0.39, 0.29) is 5.92 Å². The number of alkyl carbamates (subject to hydrolysis) is 1. The summed E-state index contributed by atoms with van der Waals surface area (Å²) in [7, 11) is 0. The lowest BCUT2D eigenvalue weighted by molar-refractivity contribution is -0.132. The highest BCUT2D eigenvalue weighted by Crippen LogP contribution is 2.10. The molecule has 3 amide bonds. The van der Waals surface area contributed by atoms with Crippen molar-refractivity contribution in [2.24, 2.45) is 11.8 Å². The minimum absolute atomic E-state index is 0.101. The van der Waals surface area contributed by atoms with E-state index in [1.165, 1.54) is 6.92 Å². The first-order valence-corrected chi connectivity index (χ1v) is 7.85. The summed E-state index contributed by atoms with van der Waals surface area (Å²) in [5.74, 6) is 3.80. The molecule has 0 fully saturated rings. The highest BCUT2D eigenvalue weighted by Gasteiger charge is 2.30. The van der Waals surface area contributed by atoms with Crippen molar-refractivity contribution in [2.45, 2.75) is 71.8 Å². The van der Waals surface area contributed by atoms with Crippen LogP contribution < -0.4 is 21.9 Å². The molecule has 0 saturated heterocycles. The Morgan fingerprint density at radius 1 is 1.08 bits per heavy atom. The third kappa shape index (κ3) is 8.68. The standard InChI is InChI=1S/C15H30N4O5/c1-8(2)7-10(17-14(23)24-15(4,5)6)12(21)18-11(9(3)20)13(22)19-16/h8-11,20H,7,16H2,1-6H3,(H,17,23)(H,18,21)(H,19,22)/t9?,10-,11-/m0/s1. The summed E-state index contributed by atoms with van der Waals surface area (Å²) >= 11 is 0. The molecule has 140 valence electrons. The Morgan fingerprint density at radius 3 is 2.00 bits per heavy atom. The molecule has 0 bridgehead atoms. The maximum atomic E-state index is 12.4. The number of aliphatic hydroxyl groups is 1. The molecule has 9 nitrogen and oxygen atoms in total. The van der Waals surface area contributed by atoms with E-state index in [9.17, 15) is 19.5 Å². The predicted octanol–water partition coefficient (Wildman–Crippen LogP) is -0.219. The van der Waals surface area contributed by atoms with Gasteiger partial charge in [0.05, 0.1) is 6.10 Å². The van der Waals surface area contributed by atoms with E-state index >= 15 is 0 Å². The molecule has 0 aromatic heterocycles. The average Bonchev–Trinajstić information content (AvgIpc) is 2.39. The maximum absolute atomic E-state index is 12.4. The lowest BCUT2D eigenvalue weighted by atomic mass is 10.0. The molecule has 3 atom stereocenters. The van der Waals surface area contributed by atoms with Gasteiger partial charge >= 0.3 is 6.09 Å². The van der Waals surface area contributed by atoms with E-state index in [1.807, 2.05) is 19.3 Å². The first kappa shape index (κ1) is 22.1. The molecule has 6 N–H and O–H groups in total. The molecular formula is C15H30N4O5. The van der Waals surface area contributed by atoms with E-state index in [1.54, 1.807) is 20.8 Å². The molecule has 0 aromatic rings. The van der Waals surface area contributed by atoms with Gasteiger partial charge in [-0.3, -0.25) is 15.0 Å². The van der Waals surface area contributed by atoms with Crippen molar-refractivity contribution in [3.8, 4) is 0 Å². The zero-order valence-electron chi connectivity index (χ0n) is 15.2. The fourth-order valence-corrected chi connectivity index (χ4v) is 1.90. The van der Waals surface area contributed by atoms with Crippen LogP contribution in [0.5, 0.6) is 0 Å². The minimum Gasteiger partial charge on any atom is -0.444 e. The molecule has 0 rings (SSSR count). The van der Waals surface area contributed by atoms with Crippen LogP contribution in [-0.2, 0) is 14.3 Å². The van der Waals surface area contributed by atoms with Gasteiger partial charge in [-0.2, -0.15) is 0 Å². The molecule has 9 heteroatoms. The van der Waals surface area contributed by atoms with Crippen LogP contribution in [0.15, 0.2) is 0 Å². The summed E-state index contributed by atoms with van der Waals surface area (Å²) in [5.41, 5.74) is 1.17. The Morgan fingerprint density at radius 2 is 1.62 bits per heavy atom. The average molecular weight is 346 g/mol. The third-order valence-corrected chi connectivity index (χ3v) is 2.92. The molecule has 0 aromatic carbocycles. The Bertz CT molecular complexity index is 446. The highest BCUT2D eigenvalue weighted by atomic mass is 16.6. The normalized spacial score (nSPS) is 15.2. The lowest BCUT2D eigenvalue weighted by Crippen LogP contribution is -2.58. The number of rotatable bonds is 7. The van der Waals surface area contributed by atoms with Crippen molar-refractivity contribution < 1.29 is 24.2 Å². The van der Waals surface area contributed by atoms with Crippen LogP contribution in [0, 0.1) is 5.92 Å². The number of hydrogen-bond acceptors (Lipinski definition) is 6. The van der Waals surface area contributed by atoms with Gasteiger partial charge < -0.3 is 20.5 Å². The quantitative estimate of drug-likeness (QED) is 0.245. The summed E-state index contributed by atoms with van der Waals surface area (Å²) in [6, 6.07) is -2.13. The number of aliphatic hydroxyl groups excluding tert-OH is 1. The van der Waals surface area contributed by atoms with Gasteiger partial charge in [0.1, 0.15) is 17.7 Å². The molecule has 0 aliphatic heterocycles. The fraction of sp³-hybridized carbons (Fsp3) is 0.800. The van der Waals surface area contributed by atoms with Crippen LogP contribution in [-0.4, -0.2) is 46.8 Å². The SMILES string of the molecule is CC(C)C[C@H](NC(=O)OC(C)(C)C)C(=O)N[C@H](C(=O)NN)C(C)O. The van der Waals surface area contributed by atoms with Gasteiger partial charge in [0.2, 0.25) is 5.91 Å². The summed E-state index contributed by atoms with van der Waals surface area (Å²) < 4.78 is 5.14. The first-order chi connectivity index (χ1) is 10.9. The van der Waals surface area contributed by atoms with Crippen LogP contribution >= 0.6 is 0 Å². The van der Waals surface area contributed by atoms with E-state index in [2.05, 4.69) is 10.6 Å². The number of nitrogens with one attached hydrogen (secondary N) is 3. The zero-order valence-corrected chi connectivity index (χ0v) is 15.2. The Kier molecular flexibility index (Phi) is 8.70. The number of carbonyl (C=O) groups is 3. The second kappa shape index (κ2) is 9.43. The van der Waals surface area contributed by atoms with Gasteiger partial charge in [-0.1, -0.05) is 13.8 Å². The maximum Gasteiger partial charge on any atom is 0.408 e. The van der Waals surface area contributed by atoms with Gasteiger partial charge in [0.25, 0.3) is 5.91 Å². The number of ether oxygens (including phenoxy) is 1. The van der Waals surface area contributed by atoms with Gasteiger partial charge in [-0.05, 0) is 40.0 Å². The topological polar surface area (TPSA) is 143 Å². The van der Waals surface area contributed by atoms with Crippen molar-refractivity contribution in [1.82, 2.24) is 16.1 Å². The van der Waals surface area contributed by atoms with Gasteiger partial charge in [0.15, 0.2) is 0 Å². The summed E-state index contributed by atoms with van der Waals surface area (Å²) in [4.78, 5) is 35.9. The van der Waals surface area contributed by atoms with E-state index in [4.69, 9.17) is 10.6 Å². The van der Waals surface area contributed by atoms with Crippen molar-refractivity contribution in [3.05, 3.63) is 0 Å². The van der Waals surface area contributed by atoms with Gasteiger partial charge in [-0.25, -0.2) is 10.6 Å². The van der Waals surface area contributed by atoms with Crippen molar-refractivity contribution in [1.29, 1.82) is 0 Å². The van der Waals surface area contributed by atoms with Crippen molar-refractivity contribution in [3.63, 3.8) is 0 Å². The minimum atomic E-state index is -1.22. The van der Waals surface area contributed by atoms with Crippen LogP contribution in [0.3, 0.4) is 0 Å². The molecule has 0 radical (unpaired) electrons. The smallest absolute Gasteiger partial charge is 0.408 e. The van der Waals surface area contributed by atoms with Crippen LogP contribution in [0.4, 0.5) is 4.79 Å². The van der Waals surface area contributed by atoms with Crippen LogP contribution in [0.25, 0.3) is 0 Å². The molecular weight excluding hydrogens is 316 g/mol. The number of hydrogen-bond donors (Lipinski definition) is 5. The monoisotopic (exact) mass is 346 g/mol. The largest absolute Gasteiger partial charge is 0.444 e. The Hall–Kier alpha value is -1.87. The van der Waals surface area contributed by atoms with Crippen molar-refractivity contribution >= 4 is 17.9 Å². The zero-order chi connectivity index (χ0) is 19.1. The second-order valence-corrected chi connectivity index (χ2v) is 7.06. The Balaban J connectivity index is 5.05. The van der Waals surface area contributed by atoms with E-state index in [0.717, 1.165) is 0 Å². The lowest BCUT2D eigenvalue weighted by Gasteiger charge is -2.26. The van der Waals surface area contributed by atoms with Crippen LogP contribution in [0.2, 0.25) is 0 Å². The van der Waals surface area contributed by atoms with E-state index in [0.29, 0.717) is 6.42 Å². The van der Waals surface area contributed by atoms with Gasteiger partial charge in [-0.15, -0.1) is 0 Å². The molecule has 0 aliphatic rings. The Labute approximate surface area is 142 Å². The summed E-state index contributed by atoms with van der Waals surface area (Å²) in [5, 5.41) is 14.5. The molecule has 0 spiro atoms. The number of nitrogens with two attached hydrogens (primary N) is 1. The summed E-state index contributed by atoms with van der Waals surface area (Å²) in [6.45, 7) is 10.2. The number of carbonyl (C=O) groups excluding carboxylic acids is 3. The molecule has 24 heavy (non-hydrogen) atoms. The molecule has 0 aliphatic carbocycles. The fourth-order valence-electron chi connectivity index (χ4n) is 1.90.